The van der Waals surface area contributed by atoms with E-state index in [4.69, 9.17) is 27.7 Å². The number of nitrogens with zero attached hydrogens (tertiary/aromatic N) is 7. The van der Waals surface area contributed by atoms with Crippen molar-refractivity contribution in [2.45, 2.75) is 236 Å². The Morgan fingerprint density at radius 3 is 1.18 bits per heavy atom. The molecule has 2 atom stereocenters. The molecule has 19 heteroatoms. The molecule has 136 heavy (non-hydrogen) atoms. The monoisotopic (exact) mass is 1870 g/mol. The van der Waals surface area contributed by atoms with Crippen LogP contribution < -0.4 is 38.3 Å². The van der Waals surface area contributed by atoms with E-state index in [0.29, 0.717) is 65.7 Å². The van der Waals surface area contributed by atoms with Crippen molar-refractivity contribution in [3.8, 4) is 53.1 Å². The second kappa shape index (κ2) is 88.2. The average Bonchev–Trinajstić information content (AvgIpc) is 1.13. The van der Waals surface area contributed by atoms with Crippen LogP contribution in [0.3, 0.4) is 0 Å². The molecule has 11 N–H and O–H groups in total. The minimum Gasteiger partial charge on any atom is -0.492 e. The van der Waals surface area contributed by atoms with Gasteiger partial charge in [0.25, 0.3) is 11.8 Å². The van der Waals surface area contributed by atoms with Crippen molar-refractivity contribution in [1.29, 1.82) is 0 Å². The number of anilines is 2. The SMILES string of the molecule is CC.CC.CC.CC.CC.CC.CC.CC.CC.CC.CC.CC.CN(C)[C@@H]1CCN(Cc2ccc(C(=O)Nc3cccc(C#C/C=C/N)c3)cc2)C1.CN1CCN(Cc2ccc(CC(=O)c3cccc(C#C/C=C/N)c3)cc2)CC1.N/C=C/C#Cc1cc(NC(=O)c2ccc(CN3CC[C@@H](O)C3)cc2)ccn1.N/C=C/C#Cc1cccc(C(=O)Cc2ccc(OCCN3CCCC3)cc2)c1.[3HH].[3HH].[3HH].[3HH]. The maximum atomic E-state index is 12.6. The zero-order valence-corrected chi connectivity index (χ0v) is 88.4. The Balaban J connectivity index is -0.000000255. The molecule has 0 aliphatic carbocycles. The van der Waals surface area contributed by atoms with Gasteiger partial charge in [-0.2, -0.15) is 0 Å². The molecule has 0 unspecified atom stereocenters. The number of likely N-dealkylation sites (N-methyl/N-ethyl adjacent to an activating group) is 2. The number of Topliss-reactive ketones (excluding diaryl/α,β-unsaturated/α-hetero) is 2. The smallest absolute Gasteiger partial charge is 0.255 e. The van der Waals surface area contributed by atoms with Crippen molar-refractivity contribution >= 4 is 34.8 Å². The summed E-state index contributed by atoms with van der Waals surface area (Å²) in [5.41, 5.74) is 33.6. The number of hydrogen-bond donors (Lipinski definition) is 7. The van der Waals surface area contributed by atoms with Gasteiger partial charge in [0.2, 0.25) is 0 Å². The van der Waals surface area contributed by atoms with Crippen LogP contribution in [0, 0.1) is 47.4 Å². The Bertz CT molecular complexity index is 4800. The summed E-state index contributed by atoms with van der Waals surface area (Å²) in [7, 11) is 6.45. The molecule has 7 aromatic carbocycles. The molecule has 0 radical (unpaired) electrons. The normalized spacial score (nSPS) is 13.5. The van der Waals surface area contributed by atoms with Crippen molar-refractivity contribution in [2.24, 2.45) is 22.9 Å². The van der Waals surface area contributed by atoms with E-state index in [9.17, 15) is 24.3 Å². The third kappa shape index (κ3) is 56.9. The van der Waals surface area contributed by atoms with E-state index in [1.807, 2.05) is 312 Å². The number of amides is 2. The van der Waals surface area contributed by atoms with E-state index in [1.165, 1.54) is 74.4 Å². The fourth-order valence-electron chi connectivity index (χ4n) is 12.9. The first-order valence-corrected chi connectivity index (χ1v) is 50.0. The molecule has 2 amide bonds. The molecule has 8 aromatic rings. The first kappa shape index (κ1) is 130. The number of pyridine rings is 1. The predicted octanol–water partition coefficient (Wildman–Crippen LogP) is 24.0. The van der Waals surface area contributed by atoms with Gasteiger partial charge in [-0.3, -0.25) is 38.8 Å². The summed E-state index contributed by atoms with van der Waals surface area (Å²) in [5, 5.41) is 15.4. The Hall–Kier alpha value is -12.1. The number of carbonyl (C=O) groups excluding carboxylic acids is 4. The summed E-state index contributed by atoms with van der Waals surface area (Å²) >= 11 is 0. The summed E-state index contributed by atoms with van der Waals surface area (Å²) in [6.07, 6.45) is 18.5. The van der Waals surface area contributed by atoms with Crippen LogP contribution in [-0.4, -0.2) is 175 Å². The van der Waals surface area contributed by atoms with Crippen LogP contribution in [0.4, 0.5) is 11.4 Å². The summed E-state index contributed by atoms with van der Waals surface area (Å²) in [6.45, 7) is 63.0. The first-order chi connectivity index (χ1) is 66.6. The van der Waals surface area contributed by atoms with E-state index in [0.717, 1.165) is 123 Å². The van der Waals surface area contributed by atoms with Crippen LogP contribution in [0.1, 0.15) is 289 Å². The van der Waals surface area contributed by atoms with Gasteiger partial charge in [-0.1, -0.05) is 299 Å². The number of aliphatic hydroxyl groups excluding tert-OH is 1. The second-order valence-electron chi connectivity index (χ2n) is 27.9. The van der Waals surface area contributed by atoms with Crippen molar-refractivity contribution in [3.63, 3.8) is 0 Å². The van der Waals surface area contributed by atoms with Crippen LogP contribution in [-0.2, 0) is 32.5 Å². The molecule has 0 spiro atoms. The minimum absolute atomic E-state index is 0. The highest BCUT2D eigenvalue weighted by atomic mass is 16.5. The molecule has 4 saturated heterocycles. The second-order valence-corrected chi connectivity index (χ2v) is 27.9. The molecule has 5 heterocycles. The molecule has 12 rings (SSSR count). The number of nitrogens with two attached hydrogens (primary N) is 4. The van der Waals surface area contributed by atoms with Gasteiger partial charge in [0.1, 0.15) is 18.1 Å². The first-order valence-electron chi connectivity index (χ1n) is 50.0. The Morgan fingerprint density at radius 2 is 0.779 bits per heavy atom. The van der Waals surface area contributed by atoms with Crippen molar-refractivity contribution < 1.29 is 34.7 Å². The maximum Gasteiger partial charge on any atom is 0.255 e. The number of allylic oxidation sites excluding steroid dienone is 4. The quantitative estimate of drug-likeness (QED) is 0.0261. The van der Waals surface area contributed by atoms with Crippen molar-refractivity contribution in [2.75, 3.05) is 110 Å². The third-order valence-electron chi connectivity index (χ3n) is 19.1. The number of ketones is 2. The number of aliphatic hydroxyl groups is 1. The molecular formula is C117H183N13O6. The van der Waals surface area contributed by atoms with E-state index in [2.05, 4.69) is 138 Å². The number of β-amino-alcohol motifs (C(OH)–C–C–N with tert-alkyl or cyclic N) is 1. The molecule has 4 aliphatic rings. The third-order valence-corrected chi connectivity index (χ3v) is 19.1. The minimum atomic E-state index is -0.226. The molecular weight excluding hydrogens is 1680 g/mol. The summed E-state index contributed by atoms with van der Waals surface area (Å²) < 4.78 is 5.82. The number of nitrogens with one attached hydrogen (secondary N) is 2. The van der Waals surface area contributed by atoms with Gasteiger partial charge < -0.3 is 53.2 Å². The fraction of sp³-hybridized carbons (Fsp3) is 0.427. The zero-order valence-electron chi connectivity index (χ0n) is 88.4. The van der Waals surface area contributed by atoms with Crippen LogP contribution in [0.15, 0.2) is 237 Å². The summed E-state index contributed by atoms with van der Waals surface area (Å²) in [6, 6.07) is 57.9. The standard InChI is InChI=1S/C24H28N4O.C24H27N3O.C24H26N2O2.C21H22N4O2.12C2H6.4H2/c1-27(2)23-13-15-28(18-23)17-20-9-11-21(12-10-20)24(29)26-22-8-5-7-19(16-22)6-3-4-14-25;1-26-13-15-27(16-14-26)19-22-10-8-21(9-11-22)18-24(28)23-7-4-6-20(17-23)5-2-3-12-25;25-13-2-1-6-20-7-5-8-22(18-20)24(27)19-21-9-11-23(12-10-21)28-17-16-26-14-3-4-15-26;22-10-2-1-3-18-13-19(8-11-23-18)24-21(27)17-6-4-16(5-7-17)14-25-12-9-20(26)15-25;12*1-2;;;;/h4-5,7-12,14,16,23H,13,15,17-18,25H2,1-2H3,(H,26,29);3-4,6-12,17H,13-16,18-19,25H2,1H3;2,5,7-13,18H,3-4,14-17,19,25H2;2,4-8,10-11,13,20,26H,9,12,14-15,22H2,(H,23,24,27);12*1-2H3;4*1H/b14-4+;12-3+;13-2+;10-2+;;;;;;;;;;;;;;;;/t23-;;;20-;;;;;;;;;;;;;;;;/m1..1................/s1/i;;;;;;;;;;;;;;;;4*1+2. The Labute approximate surface area is 831 Å². The predicted molar refractivity (Wildman–Crippen MR) is 594 cm³/mol. The lowest BCUT2D eigenvalue weighted by Crippen LogP contribution is -2.43. The van der Waals surface area contributed by atoms with Crippen LogP contribution in [0.5, 0.6) is 5.75 Å². The number of rotatable bonds is 21. The molecule has 4 fully saturated rings. The van der Waals surface area contributed by atoms with E-state index in [1.54, 1.807) is 36.6 Å². The van der Waals surface area contributed by atoms with Gasteiger partial charge in [-0.05, 0) is 185 Å². The van der Waals surface area contributed by atoms with Crippen LogP contribution in [0.2, 0.25) is 0 Å². The topological polar surface area (TPSA) is 258 Å². The van der Waals surface area contributed by atoms with Crippen molar-refractivity contribution in [3.05, 3.63) is 310 Å². The number of aromatic nitrogens is 1. The highest BCUT2D eigenvalue weighted by Crippen LogP contribution is 2.22. The summed E-state index contributed by atoms with van der Waals surface area (Å²) in [4.78, 5) is 68.6. The fourth-order valence-corrected chi connectivity index (χ4v) is 12.9. The number of carbonyl (C=O) groups is 4. The molecule has 752 valence electrons. The van der Waals surface area contributed by atoms with E-state index >= 15 is 0 Å². The highest BCUT2D eigenvalue weighted by Gasteiger charge is 2.25. The van der Waals surface area contributed by atoms with Gasteiger partial charge in [0.15, 0.2) is 11.6 Å². The van der Waals surface area contributed by atoms with E-state index < -0.39 is 0 Å². The van der Waals surface area contributed by atoms with Crippen LogP contribution >= 0.6 is 0 Å². The van der Waals surface area contributed by atoms with Crippen LogP contribution in [0.25, 0.3) is 0 Å². The van der Waals surface area contributed by atoms with Gasteiger partial charge in [0.05, 0.1) is 6.10 Å². The molecule has 4 aliphatic heterocycles. The van der Waals surface area contributed by atoms with Gasteiger partial charge in [-0.15, -0.1) is 0 Å². The Kier molecular flexibility index (Phi) is 84.4. The largest absolute Gasteiger partial charge is 0.492 e. The highest BCUT2D eigenvalue weighted by molar-refractivity contribution is 6.05. The van der Waals surface area contributed by atoms with E-state index in [-0.39, 0.29) is 35.2 Å². The number of hydrogen-bond acceptors (Lipinski definition) is 17. The number of likely N-dealkylation sites (tertiary alicyclic amines) is 3. The number of benzene rings is 7. The molecule has 0 saturated carbocycles. The molecule has 19 nitrogen and oxygen atoms in total. The Morgan fingerprint density at radius 1 is 0.412 bits per heavy atom. The number of ether oxygens (including phenoxy) is 1. The van der Waals surface area contributed by atoms with Crippen molar-refractivity contribution in [1.82, 2.24) is 34.4 Å². The zero-order chi connectivity index (χ0) is 103. The molecule has 0 bridgehead atoms. The van der Waals surface area contributed by atoms with Gasteiger partial charge >= 0.3 is 0 Å². The lowest BCUT2D eigenvalue weighted by atomic mass is 10.0. The van der Waals surface area contributed by atoms with Gasteiger partial charge in [0, 0.05) is 209 Å². The number of piperazine rings is 1. The summed E-state index contributed by atoms with van der Waals surface area (Å²) in [5.74, 6) is 23.7. The molecule has 1 aromatic heterocycles. The maximum absolute atomic E-state index is 12.6. The lowest BCUT2D eigenvalue weighted by molar-refractivity contribution is 0.0984. The lowest BCUT2D eigenvalue weighted by Gasteiger charge is -2.32. The van der Waals surface area contributed by atoms with Gasteiger partial charge in [-0.25, -0.2) is 4.98 Å². The average molecular weight is 1880 g/mol.